The first-order valence-electron chi connectivity index (χ1n) is 9.31. The third-order valence-electron chi connectivity index (χ3n) is 5.51. The fourth-order valence-corrected chi connectivity index (χ4v) is 3.61. The number of methoxy groups -OCH3 is 1. The zero-order valence-corrected chi connectivity index (χ0v) is 16.1. The van der Waals surface area contributed by atoms with Crippen LogP contribution in [-0.4, -0.2) is 71.3 Å². The smallest absolute Gasteiger partial charge is 0.272 e. The number of hydrogen-bond acceptors (Lipinski definition) is 5. The molecule has 0 aromatic carbocycles. The monoisotopic (exact) mass is 377 g/mol. The molecular formula is C18H27N5O4. The van der Waals surface area contributed by atoms with Crippen molar-refractivity contribution in [1.29, 1.82) is 0 Å². The Morgan fingerprint density at radius 2 is 2.07 bits per heavy atom. The van der Waals surface area contributed by atoms with Gasteiger partial charge in [-0.05, 0) is 19.8 Å². The van der Waals surface area contributed by atoms with E-state index in [0.29, 0.717) is 18.8 Å². The van der Waals surface area contributed by atoms with Crippen LogP contribution < -0.4 is 10.6 Å². The van der Waals surface area contributed by atoms with Crippen molar-refractivity contribution in [2.24, 2.45) is 0 Å². The highest BCUT2D eigenvalue weighted by Gasteiger charge is 2.46. The summed E-state index contributed by atoms with van der Waals surface area (Å²) < 4.78 is 6.36. The van der Waals surface area contributed by atoms with E-state index in [1.807, 2.05) is 0 Å². The second-order valence-electron chi connectivity index (χ2n) is 7.41. The van der Waals surface area contributed by atoms with Crippen molar-refractivity contribution >= 4 is 17.7 Å². The average Bonchev–Trinajstić information content (AvgIpc) is 3.29. The molecule has 27 heavy (non-hydrogen) atoms. The normalized spacial score (nSPS) is 22.6. The summed E-state index contributed by atoms with van der Waals surface area (Å²) in [7, 11) is 3.17. The topological polar surface area (TPSA) is 106 Å². The minimum atomic E-state index is -1.05. The van der Waals surface area contributed by atoms with Gasteiger partial charge in [0, 0.05) is 32.8 Å². The van der Waals surface area contributed by atoms with Crippen molar-refractivity contribution in [3.05, 3.63) is 17.5 Å². The summed E-state index contributed by atoms with van der Waals surface area (Å²) in [6.07, 6.45) is 4.17. The van der Waals surface area contributed by atoms with Crippen LogP contribution in [0, 0.1) is 0 Å². The predicted octanol–water partition coefficient (Wildman–Crippen LogP) is 0.162. The number of likely N-dealkylation sites (N-methyl/N-ethyl adjacent to an activating group) is 1. The number of carbonyl (C=O) groups excluding carboxylic acids is 3. The lowest BCUT2D eigenvalue weighted by Gasteiger charge is -2.41. The molecule has 9 heteroatoms. The first-order valence-corrected chi connectivity index (χ1v) is 9.31. The predicted molar refractivity (Wildman–Crippen MR) is 97.3 cm³/mol. The number of hydrogen-bond donors (Lipinski definition) is 2. The fraction of sp³-hybridized carbons (Fsp3) is 0.667. The second kappa shape index (κ2) is 7.67. The van der Waals surface area contributed by atoms with Crippen LogP contribution >= 0.6 is 0 Å². The van der Waals surface area contributed by atoms with E-state index in [9.17, 15) is 14.4 Å². The highest BCUT2D eigenvalue weighted by atomic mass is 16.5. The molecule has 0 radical (unpaired) electrons. The van der Waals surface area contributed by atoms with Gasteiger partial charge in [0.15, 0.2) is 5.69 Å². The van der Waals surface area contributed by atoms with E-state index < -0.39 is 5.54 Å². The number of fused-ring (bicyclic) bond motifs is 1. The number of aromatic nitrogens is 2. The zero-order valence-electron chi connectivity index (χ0n) is 16.1. The van der Waals surface area contributed by atoms with E-state index in [4.69, 9.17) is 4.74 Å². The second-order valence-corrected chi connectivity index (χ2v) is 7.41. The van der Waals surface area contributed by atoms with E-state index in [0.717, 1.165) is 25.7 Å². The maximum absolute atomic E-state index is 12.9. The molecule has 1 atom stereocenters. The Bertz CT molecular complexity index is 740. The minimum Gasteiger partial charge on any atom is -0.383 e. The van der Waals surface area contributed by atoms with Crippen molar-refractivity contribution in [1.82, 2.24) is 25.3 Å². The van der Waals surface area contributed by atoms with Gasteiger partial charge in [-0.15, -0.1) is 0 Å². The standard InChI is InChI=1S/C18H27N5O4/c1-18(17(26)20-12-6-4-5-7-12)11-23-14(16(25)22(18)2)10-13(21-23)15(24)19-8-9-27-3/h10,12H,4-9,11H2,1-3H3,(H,19,24)(H,20,26). The van der Waals surface area contributed by atoms with Gasteiger partial charge in [-0.3, -0.25) is 19.1 Å². The third kappa shape index (κ3) is 3.69. The van der Waals surface area contributed by atoms with Gasteiger partial charge in [0.1, 0.15) is 11.2 Å². The Hall–Kier alpha value is -2.42. The fourth-order valence-electron chi connectivity index (χ4n) is 3.61. The Balaban J connectivity index is 1.78. The van der Waals surface area contributed by atoms with Gasteiger partial charge in [-0.1, -0.05) is 12.8 Å². The van der Waals surface area contributed by atoms with Crippen LogP contribution in [0.15, 0.2) is 6.07 Å². The maximum atomic E-state index is 12.9. The number of carbonyl (C=O) groups is 3. The average molecular weight is 377 g/mol. The Kier molecular flexibility index (Phi) is 5.50. The van der Waals surface area contributed by atoms with Crippen LogP contribution in [0.5, 0.6) is 0 Å². The summed E-state index contributed by atoms with van der Waals surface area (Å²) in [5.41, 5.74) is -0.591. The molecule has 2 aliphatic rings. The highest BCUT2D eigenvalue weighted by Crippen LogP contribution is 2.27. The van der Waals surface area contributed by atoms with Crippen LogP contribution in [0.3, 0.4) is 0 Å². The Morgan fingerprint density at radius 1 is 1.37 bits per heavy atom. The van der Waals surface area contributed by atoms with Crippen LogP contribution in [0.1, 0.15) is 53.6 Å². The molecule has 1 aromatic rings. The first-order chi connectivity index (χ1) is 12.9. The molecule has 3 rings (SSSR count). The highest BCUT2D eigenvalue weighted by molar-refractivity contribution is 6.01. The molecule has 0 bridgehead atoms. The van der Waals surface area contributed by atoms with Gasteiger partial charge < -0.3 is 20.3 Å². The van der Waals surface area contributed by atoms with E-state index in [-0.39, 0.29) is 36.0 Å². The molecule has 1 aliphatic heterocycles. The number of rotatable bonds is 6. The Labute approximate surface area is 158 Å². The van der Waals surface area contributed by atoms with Gasteiger partial charge in [0.25, 0.3) is 11.8 Å². The van der Waals surface area contributed by atoms with Crippen molar-refractivity contribution in [2.75, 3.05) is 27.3 Å². The van der Waals surface area contributed by atoms with Crippen LogP contribution in [0.4, 0.5) is 0 Å². The summed E-state index contributed by atoms with van der Waals surface area (Å²) in [4.78, 5) is 39.4. The molecule has 2 heterocycles. The number of nitrogens with zero attached hydrogens (tertiary/aromatic N) is 3. The van der Waals surface area contributed by atoms with Crippen LogP contribution in [-0.2, 0) is 16.1 Å². The molecule has 1 saturated carbocycles. The lowest BCUT2D eigenvalue weighted by Crippen LogP contribution is -2.63. The van der Waals surface area contributed by atoms with E-state index in [2.05, 4.69) is 15.7 Å². The van der Waals surface area contributed by atoms with E-state index in [1.165, 1.54) is 15.6 Å². The number of amides is 3. The summed E-state index contributed by atoms with van der Waals surface area (Å²) in [5, 5.41) is 10.0. The first kappa shape index (κ1) is 19.3. The largest absolute Gasteiger partial charge is 0.383 e. The summed E-state index contributed by atoms with van der Waals surface area (Å²) in [6, 6.07) is 1.63. The molecule has 1 aromatic heterocycles. The maximum Gasteiger partial charge on any atom is 0.272 e. The van der Waals surface area contributed by atoms with Gasteiger partial charge in [-0.2, -0.15) is 5.10 Å². The molecule has 148 valence electrons. The molecule has 1 fully saturated rings. The number of ether oxygens (including phenoxy) is 1. The lowest BCUT2D eigenvalue weighted by atomic mass is 9.95. The molecule has 1 aliphatic carbocycles. The molecule has 0 spiro atoms. The molecule has 0 saturated heterocycles. The minimum absolute atomic E-state index is 0.156. The van der Waals surface area contributed by atoms with Crippen molar-refractivity contribution < 1.29 is 19.1 Å². The molecular weight excluding hydrogens is 350 g/mol. The molecule has 3 amide bonds. The van der Waals surface area contributed by atoms with Gasteiger partial charge in [0.2, 0.25) is 5.91 Å². The number of nitrogens with one attached hydrogen (secondary N) is 2. The summed E-state index contributed by atoms with van der Waals surface area (Å²) in [5.74, 6) is -0.882. The molecule has 9 nitrogen and oxygen atoms in total. The van der Waals surface area contributed by atoms with Gasteiger partial charge in [-0.25, -0.2) is 0 Å². The summed E-state index contributed by atoms with van der Waals surface area (Å²) in [6.45, 7) is 2.68. The zero-order chi connectivity index (χ0) is 19.6. The lowest BCUT2D eigenvalue weighted by molar-refractivity contribution is -0.133. The molecule has 2 N–H and O–H groups in total. The van der Waals surface area contributed by atoms with Crippen molar-refractivity contribution in [3.63, 3.8) is 0 Å². The van der Waals surface area contributed by atoms with Gasteiger partial charge >= 0.3 is 0 Å². The Morgan fingerprint density at radius 3 is 2.74 bits per heavy atom. The van der Waals surface area contributed by atoms with Crippen LogP contribution in [0.25, 0.3) is 0 Å². The SMILES string of the molecule is COCCNC(=O)c1cc2n(n1)CC(C)(C(=O)NC1CCCC1)N(C)C2=O. The van der Waals surface area contributed by atoms with Crippen molar-refractivity contribution in [3.8, 4) is 0 Å². The molecule has 1 unspecified atom stereocenters. The quantitative estimate of drug-likeness (QED) is 0.687. The van der Waals surface area contributed by atoms with E-state index >= 15 is 0 Å². The van der Waals surface area contributed by atoms with Gasteiger partial charge in [0.05, 0.1) is 13.2 Å². The van der Waals surface area contributed by atoms with E-state index in [1.54, 1.807) is 21.1 Å². The van der Waals surface area contributed by atoms with Crippen molar-refractivity contribution in [2.45, 2.75) is 50.7 Å². The third-order valence-corrected chi connectivity index (χ3v) is 5.51. The summed E-state index contributed by atoms with van der Waals surface area (Å²) >= 11 is 0. The van der Waals surface area contributed by atoms with Crippen LogP contribution in [0.2, 0.25) is 0 Å².